The normalized spacial score (nSPS) is 18.1. The van der Waals surface area contributed by atoms with Crippen LogP contribution in [0.3, 0.4) is 0 Å². The number of amides is 1. The molecular weight excluding hydrogens is 610 g/mol. The predicted octanol–water partition coefficient (Wildman–Crippen LogP) is 6.79. The summed E-state index contributed by atoms with van der Waals surface area (Å²) in [5.41, 5.74) is 3.92. The molecule has 252 valence electrons. The van der Waals surface area contributed by atoms with Crippen LogP contribution in [0.15, 0.2) is 91.5 Å². The topological polar surface area (TPSA) is 121 Å². The van der Waals surface area contributed by atoms with Crippen LogP contribution in [0.2, 0.25) is 0 Å². The number of carbonyl (C=O) groups is 2. The maximum Gasteiger partial charge on any atom is 0.408 e. The van der Waals surface area contributed by atoms with Gasteiger partial charge in [0.25, 0.3) is 0 Å². The summed E-state index contributed by atoms with van der Waals surface area (Å²) in [5.74, 6) is -0.0938. The van der Waals surface area contributed by atoms with E-state index in [2.05, 4.69) is 11.9 Å². The summed E-state index contributed by atoms with van der Waals surface area (Å²) in [6.07, 6.45) is 2.81. The number of nitrogens with one attached hydrogen (secondary N) is 1. The molecule has 10 heteroatoms. The van der Waals surface area contributed by atoms with Crippen molar-refractivity contribution in [2.75, 3.05) is 13.9 Å². The number of carbonyl (C=O) groups excluding carboxylic acids is 2. The molecule has 2 N–H and O–H groups in total. The van der Waals surface area contributed by atoms with Crippen LogP contribution in [0.1, 0.15) is 56.4 Å². The molecule has 0 unspecified atom stereocenters. The van der Waals surface area contributed by atoms with Crippen molar-refractivity contribution in [1.29, 1.82) is 0 Å². The molecule has 5 rings (SSSR count). The van der Waals surface area contributed by atoms with Gasteiger partial charge in [-0.1, -0.05) is 81.1 Å². The lowest BCUT2D eigenvalue weighted by Crippen LogP contribution is -2.45. The number of benzene rings is 3. The minimum absolute atomic E-state index is 0.0928. The summed E-state index contributed by atoms with van der Waals surface area (Å²) in [6.45, 7) is 7.30. The number of esters is 1. The minimum atomic E-state index is -1.16. The molecule has 1 amide bonds. The first-order valence-corrected chi connectivity index (χ1v) is 16.1. The first-order chi connectivity index (χ1) is 23.2. The van der Waals surface area contributed by atoms with Gasteiger partial charge in [-0.25, -0.2) is 14.3 Å². The Bertz CT molecular complexity index is 1660. The SMILES string of the molecule is C=Cc1ccc(-c2cc(C3(O)CCC(OCOC(=O)[C@@H](NC(=O)OCc4ccccc4)C(C)C)CC3)nn2-c2ccc(OC)cc2)cc1. The molecule has 0 bridgehead atoms. The van der Waals surface area contributed by atoms with Crippen LogP contribution in [0, 0.1) is 5.92 Å². The molecule has 1 saturated carbocycles. The Labute approximate surface area is 281 Å². The average Bonchev–Trinajstić information content (AvgIpc) is 3.57. The molecule has 1 aromatic heterocycles. The summed E-state index contributed by atoms with van der Waals surface area (Å²) in [6, 6.07) is 26.0. The molecule has 1 fully saturated rings. The van der Waals surface area contributed by atoms with Crippen molar-refractivity contribution in [2.45, 2.75) is 63.9 Å². The standard InChI is InChI=1S/C38H43N3O7/c1-5-27-11-13-29(14-12-27)33-23-34(40-41(33)30-15-17-31(45-4)18-16-30)38(44)21-19-32(20-22-38)47-25-48-36(42)35(26(2)3)39-37(43)46-24-28-9-7-6-8-10-28/h5-18,23,26,32,35,44H,1,19-22,24-25H2,2-4H3,(H,39,43)/t32?,35-,38?/m0/s1. The lowest BCUT2D eigenvalue weighted by Gasteiger charge is -2.34. The summed E-state index contributed by atoms with van der Waals surface area (Å²) >= 11 is 0. The minimum Gasteiger partial charge on any atom is -0.497 e. The monoisotopic (exact) mass is 653 g/mol. The third kappa shape index (κ3) is 8.50. The van der Waals surface area contributed by atoms with Gasteiger partial charge in [0.05, 0.1) is 30.3 Å². The lowest BCUT2D eigenvalue weighted by atomic mass is 9.81. The van der Waals surface area contributed by atoms with Crippen molar-refractivity contribution in [3.05, 3.63) is 108 Å². The zero-order valence-electron chi connectivity index (χ0n) is 27.6. The van der Waals surface area contributed by atoms with Crippen molar-refractivity contribution in [3.8, 4) is 22.7 Å². The van der Waals surface area contributed by atoms with Gasteiger partial charge in [-0.2, -0.15) is 5.10 Å². The van der Waals surface area contributed by atoms with Crippen LogP contribution in [-0.4, -0.2) is 53.0 Å². The second-order valence-corrected chi connectivity index (χ2v) is 12.3. The van der Waals surface area contributed by atoms with Crippen molar-refractivity contribution in [2.24, 2.45) is 5.92 Å². The van der Waals surface area contributed by atoms with Crippen molar-refractivity contribution in [1.82, 2.24) is 15.1 Å². The van der Waals surface area contributed by atoms with Gasteiger partial charge >= 0.3 is 12.1 Å². The zero-order chi connectivity index (χ0) is 34.1. The van der Waals surface area contributed by atoms with E-state index < -0.39 is 23.7 Å². The molecule has 0 aliphatic heterocycles. The number of alkyl carbamates (subject to hydrolysis) is 1. The molecule has 0 saturated heterocycles. The van der Waals surface area contributed by atoms with E-state index in [1.807, 2.05) is 103 Å². The van der Waals surface area contributed by atoms with Crippen molar-refractivity contribution in [3.63, 3.8) is 0 Å². The van der Waals surface area contributed by atoms with Gasteiger partial charge in [0.1, 0.15) is 24.0 Å². The highest BCUT2D eigenvalue weighted by molar-refractivity contribution is 5.81. The summed E-state index contributed by atoms with van der Waals surface area (Å²) in [7, 11) is 1.62. The summed E-state index contributed by atoms with van der Waals surface area (Å²) < 4.78 is 23.7. The number of aromatic nitrogens is 2. The highest BCUT2D eigenvalue weighted by atomic mass is 16.7. The van der Waals surface area contributed by atoms with E-state index in [0.717, 1.165) is 33.8 Å². The predicted molar refractivity (Wildman–Crippen MR) is 182 cm³/mol. The number of hydrogen-bond donors (Lipinski definition) is 2. The average molecular weight is 654 g/mol. The Hall–Kier alpha value is -4.93. The van der Waals surface area contributed by atoms with E-state index in [1.54, 1.807) is 13.2 Å². The molecule has 3 aromatic carbocycles. The van der Waals surface area contributed by atoms with Gasteiger partial charge in [-0.3, -0.25) is 0 Å². The fraction of sp³-hybridized carbons (Fsp3) is 0.342. The van der Waals surface area contributed by atoms with E-state index >= 15 is 0 Å². The molecule has 1 aliphatic rings. The maximum absolute atomic E-state index is 12.8. The van der Waals surface area contributed by atoms with E-state index in [-0.39, 0.29) is 25.4 Å². The van der Waals surface area contributed by atoms with Crippen LogP contribution in [0.25, 0.3) is 23.0 Å². The molecule has 1 aliphatic carbocycles. The third-order valence-electron chi connectivity index (χ3n) is 8.62. The van der Waals surface area contributed by atoms with Gasteiger partial charge in [0.2, 0.25) is 0 Å². The Kier molecular flexibility index (Phi) is 11.3. The number of hydrogen-bond acceptors (Lipinski definition) is 8. The van der Waals surface area contributed by atoms with Crippen molar-refractivity contribution < 1.29 is 33.6 Å². The first kappa shape index (κ1) is 34.4. The van der Waals surface area contributed by atoms with Gasteiger partial charge in [0, 0.05) is 5.56 Å². The van der Waals surface area contributed by atoms with Crippen LogP contribution in [-0.2, 0) is 31.2 Å². The quantitative estimate of drug-likeness (QED) is 0.120. The molecule has 4 aromatic rings. The molecule has 0 spiro atoms. The molecule has 1 heterocycles. The first-order valence-electron chi connectivity index (χ1n) is 16.1. The fourth-order valence-corrected chi connectivity index (χ4v) is 5.68. The van der Waals surface area contributed by atoms with Gasteiger partial charge in [-0.05, 0) is 73.1 Å². The Morgan fingerprint density at radius 2 is 1.71 bits per heavy atom. The van der Waals surface area contributed by atoms with Crippen LogP contribution < -0.4 is 10.1 Å². The van der Waals surface area contributed by atoms with Crippen molar-refractivity contribution >= 4 is 18.1 Å². The molecular formula is C38H43N3O7. The van der Waals surface area contributed by atoms with E-state index in [1.165, 1.54) is 0 Å². The molecule has 10 nitrogen and oxygen atoms in total. The van der Waals surface area contributed by atoms with E-state index in [9.17, 15) is 14.7 Å². The van der Waals surface area contributed by atoms with Crippen LogP contribution in [0.5, 0.6) is 5.75 Å². The highest BCUT2D eigenvalue weighted by Crippen LogP contribution is 2.39. The second-order valence-electron chi connectivity index (χ2n) is 12.3. The number of rotatable bonds is 13. The smallest absolute Gasteiger partial charge is 0.408 e. The van der Waals surface area contributed by atoms with Crippen LogP contribution >= 0.6 is 0 Å². The Morgan fingerprint density at radius 3 is 2.33 bits per heavy atom. The molecule has 48 heavy (non-hydrogen) atoms. The number of methoxy groups -OCH3 is 1. The maximum atomic E-state index is 12.8. The van der Waals surface area contributed by atoms with Gasteiger partial charge in [-0.15, -0.1) is 0 Å². The Balaban J connectivity index is 1.18. The number of nitrogens with zero attached hydrogens (tertiary/aromatic N) is 2. The lowest BCUT2D eigenvalue weighted by molar-refractivity contribution is -0.168. The third-order valence-corrected chi connectivity index (χ3v) is 8.62. The summed E-state index contributed by atoms with van der Waals surface area (Å²) in [5, 5.41) is 19.3. The van der Waals surface area contributed by atoms with Gasteiger partial charge in [0.15, 0.2) is 6.79 Å². The molecule has 1 atom stereocenters. The highest BCUT2D eigenvalue weighted by Gasteiger charge is 2.38. The second kappa shape index (κ2) is 15.8. The van der Waals surface area contributed by atoms with E-state index in [4.69, 9.17) is 24.0 Å². The number of aliphatic hydroxyl groups is 1. The van der Waals surface area contributed by atoms with E-state index in [0.29, 0.717) is 31.4 Å². The van der Waals surface area contributed by atoms with Crippen LogP contribution in [0.4, 0.5) is 4.79 Å². The summed E-state index contributed by atoms with van der Waals surface area (Å²) in [4.78, 5) is 25.2. The zero-order valence-corrected chi connectivity index (χ0v) is 27.6. The number of ether oxygens (including phenoxy) is 4. The largest absolute Gasteiger partial charge is 0.497 e. The Morgan fingerprint density at radius 1 is 1.02 bits per heavy atom. The molecule has 0 radical (unpaired) electrons. The fourth-order valence-electron chi connectivity index (χ4n) is 5.68. The van der Waals surface area contributed by atoms with Gasteiger partial charge < -0.3 is 29.4 Å².